The third-order valence-corrected chi connectivity index (χ3v) is 4.87. The Morgan fingerprint density at radius 3 is 2.12 bits per heavy atom. The Morgan fingerprint density at radius 1 is 1.08 bits per heavy atom. The van der Waals surface area contributed by atoms with Crippen LogP contribution in [0.1, 0.15) is 46.5 Å². The van der Waals surface area contributed by atoms with Crippen molar-refractivity contribution in [2.45, 2.75) is 70.2 Å². The number of carbonyl (C=O) groups excluding carboxylic acids is 1. The van der Waals surface area contributed by atoms with Crippen molar-refractivity contribution in [3.05, 3.63) is 28.2 Å². The third-order valence-electron chi connectivity index (χ3n) is 4.43. The van der Waals surface area contributed by atoms with Crippen molar-refractivity contribution >= 4 is 29.3 Å². The van der Waals surface area contributed by atoms with E-state index < -0.39 is 5.60 Å². The van der Waals surface area contributed by atoms with Crippen molar-refractivity contribution in [2.75, 3.05) is 0 Å². The molecule has 0 spiro atoms. The van der Waals surface area contributed by atoms with Gasteiger partial charge in [-0.15, -0.1) is 0 Å². The van der Waals surface area contributed by atoms with E-state index in [0.29, 0.717) is 15.8 Å². The smallest absolute Gasteiger partial charge is 0.410 e. The lowest BCUT2D eigenvalue weighted by atomic mass is 10.00. The van der Waals surface area contributed by atoms with E-state index in [9.17, 15) is 4.79 Å². The van der Waals surface area contributed by atoms with Crippen LogP contribution in [0.4, 0.5) is 4.79 Å². The molecular formula is C18H23Cl2NO3. The second kappa shape index (κ2) is 6.64. The second-order valence-electron chi connectivity index (χ2n) is 7.59. The molecule has 1 aromatic carbocycles. The molecule has 2 saturated heterocycles. The van der Waals surface area contributed by atoms with Crippen molar-refractivity contribution in [3.63, 3.8) is 0 Å². The molecule has 0 N–H and O–H groups in total. The number of nitrogens with zero attached hydrogens (tertiary/aromatic N) is 1. The maximum absolute atomic E-state index is 12.5. The van der Waals surface area contributed by atoms with Gasteiger partial charge in [0.2, 0.25) is 0 Å². The van der Waals surface area contributed by atoms with Crippen LogP contribution in [-0.4, -0.2) is 34.8 Å². The number of amides is 1. The average Bonchev–Trinajstić information content (AvgIpc) is 2.68. The van der Waals surface area contributed by atoms with E-state index in [1.807, 2.05) is 25.7 Å². The lowest BCUT2D eigenvalue weighted by molar-refractivity contribution is -0.00706. The van der Waals surface area contributed by atoms with Gasteiger partial charge in [-0.25, -0.2) is 4.79 Å². The van der Waals surface area contributed by atoms with Gasteiger partial charge in [0, 0.05) is 35.0 Å². The molecule has 2 unspecified atom stereocenters. The maximum atomic E-state index is 12.5. The molecular weight excluding hydrogens is 349 g/mol. The number of rotatable bonds is 2. The molecule has 0 aromatic heterocycles. The van der Waals surface area contributed by atoms with Crippen LogP contribution in [0.15, 0.2) is 18.2 Å². The third kappa shape index (κ3) is 4.09. The van der Waals surface area contributed by atoms with Gasteiger partial charge in [0.25, 0.3) is 0 Å². The van der Waals surface area contributed by atoms with Crippen LogP contribution in [0.25, 0.3) is 0 Å². The zero-order chi connectivity index (χ0) is 17.5. The van der Waals surface area contributed by atoms with E-state index >= 15 is 0 Å². The van der Waals surface area contributed by atoms with E-state index in [-0.39, 0.29) is 24.3 Å². The molecule has 0 radical (unpaired) electrons. The van der Waals surface area contributed by atoms with Gasteiger partial charge in [0.1, 0.15) is 17.5 Å². The summed E-state index contributed by atoms with van der Waals surface area (Å²) in [5, 5.41) is 1.12. The van der Waals surface area contributed by atoms with Crippen molar-refractivity contribution in [1.29, 1.82) is 0 Å². The van der Waals surface area contributed by atoms with E-state index in [1.165, 1.54) is 0 Å². The number of benzene rings is 1. The van der Waals surface area contributed by atoms with E-state index in [1.54, 1.807) is 18.2 Å². The molecule has 2 bridgehead atoms. The molecule has 24 heavy (non-hydrogen) atoms. The van der Waals surface area contributed by atoms with Gasteiger partial charge in [-0.1, -0.05) is 23.2 Å². The highest BCUT2D eigenvalue weighted by Gasteiger charge is 2.45. The predicted molar refractivity (Wildman–Crippen MR) is 95.0 cm³/mol. The summed E-state index contributed by atoms with van der Waals surface area (Å²) in [6.45, 7) is 5.68. The fourth-order valence-corrected chi connectivity index (χ4v) is 4.13. The summed E-state index contributed by atoms with van der Waals surface area (Å²) >= 11 is 12.1. The molecule has 0 aliphatic carbocycles. The van der Waals surface area contributed by atoms with Crippen molar-refractivity contribution < 1.29 is 14.3 Å². The van der Waals surface area contributed by atoms with Crippen LogP contribution in [0.3, 0.4) is 0 Å². The Balaban J connectivity index is 1.65. The molecule has 2 atom stereocenters. The summed E-state index contributed by atoms with van der Waals surface area (Å²) < 4.78 is 11.6. The summed E-state index contributed by atoms with van der Waals surface area (Å²) in [4.78, 5) is 14.4. The molecule has 0 saturated carbocycles. The van der Waals surface area contributed by atoms with Crippen molar-refractivity contribution in [1.82, 2.24) is 4.90 Å². The largest absolute Gasteiger partial charge is 0.490 e. The topological polar surface area (TPSA) is 38.8 Å². The van der Waals surface area contributed by atoms with Gasteiger partial charge in [-0.2, -0.15) is 0 Å². The summed E-state index contributed by atoms with van der Waals surface area (Å²) in [6, 6.07) is 5.59. The highest BCUT2D eigenvalue weighted by atomic mass is 35.5. The molecule has 1 amide bonds. The predicted octanol–water partition coefficient (Wildman–Crippen LogP) is 5.30. The minimum absolute atomic E-state index is 0.0655. The zero-order valence-corrected chi connectivity index (χ0v) is 15.7. The SMILES string of the molecule is CC(C)(C)OC(=O)N1C2CCC1CC(Oc1cc(Cl)cc(Cl)c1)C2. The number of ether oxygens (including phenoxy) is 2. The Bertz CT molecular complexity index is 595. The zero-order valence-electron chi connectivity index (χ0n) is 14.2. The first-order chi connectivity index (χ1) is 11.2. The van der Waals surface area contributed by atoms with Crippen molar-refractivity contribution in [2.24, 2.45) is 0 Å². The summed E-state index contributed by atoms with van der Waals surface area (Å²) in [5.74, 6) is 0.683. The normalized spacial score (nSPS) is 26.4. The lowest BCUT2D eigenvalue weighted by Crippen LogP contribution is -2.50. The highest BCUT2D eigenvalue weighted by molar-refractivity contribution is 6.34. The molecule has 6 heteroatoms. The molecule has 4 nitrogen and oxygen atoms in total. The lowest BCUT2D eigenvalue weighted by Gasteiger charge is -2.39. The first-order valence-electron chi connectivity index (χ1n) is 8.35. The Kier molecular flexibility index (Phi) is 4.89. The minimum atomic E-state index is -0.471. The Hall–Kier alpha value is -1.13. The van der Waals surface area contributed by atoms with Crippen LogP contribution < -0.4 is 4.74 Å². The fourth-order valence-electron chi connectivity index (χ4n) is 3.63. The molecule has 2 aliphatic rings. The minimum Gasteiger partial charge on any atom is -0.490 e. The second-order valence-corrected chi connectivity index (χ2v) is 8.46. The Morgan fingerprint density at radius 2 is 1.62 bits per heavy atom. The maximum Gasteiger partial charge on any atom is 0.410 e. The van der Waals surface area contributed by atoms with Gasteiger partial charge in [0.05, 0.1) is 0 Å². The number of piperidine rings is 1. The first-order valence-corrected chi connectivity index (χ1v) is 9.11. The number of halogens is 2. The molecule has 2 heterocycles. The Labute approximate surface area is 153 Å². The van der Waals surface area contributed by atoms with Crippen LogP contribution in [-0.2, 0) is 4.74 Å². The van der Waals surface area contributed by atoms with Crippen LogP contribution in [0.2, 0.25) is 10.0 Å². The molecule has 1 aromatic rings. The van der Waals surface area contributed by atoms with Crippen LogP contribution in [0.5, 0.6) is 5.75 Å². The number of hydrogen-bond acceptors (Lipinski definition) is 3. The monoisotopic (exact) mass is 371 g/mol. The summed E-state index contributed by atoms with van der Waals surface area (Å²) in [5.41, 5.74) is -0.471. The number of hydrogen-bond donors (Lipinski definition) is 0. The highest BCUT2D eigenvalue weighted by Crippen LogP contribution is 2.38. The van der Waals surface area contributed by atoms with E-state index in [4.69, 9.17) is 32.7 Å². The standard InChI is InChI=1S/C18H23Cl2NO3/c1-18(2,3)24-17(22)21-13-4-5-14(21)10-16(9-13)23-15-7-11(19)6-12(20)8-15/h6-8,13-14,16H,4-5,9-10H2,1-3H3. The summed E-state index contributed by atoms with van der Waals surface area (Å²) in [6.07, 6.45) is 3.47. The first kappa shape index (κ1) is 17.7. The fraction of sp³-hybridized carbons (Fsp3) is 0.611. The number of carbonyl (C=O) groups is 1. The van der Waals surface area contributed by atoms with Gasteiger partial charge >= 0.3 is 6.09 Å². The van der Waals surface area contributed by atoms with Gasteiger partial charge in [-0.05, 0) is 51.8 Å². The molecule has 132 valence electrons. The molecule has 2 fully saturated rings. The van der Waals surface area contributed by atoms with Crippen LogP contribution >= 0.6 is 23.2 Å². The quantitative estimate of drug-likeness (QED) is 0.707. The van der Waals surface area contributed by atoms with Gasteiger partial charge in [-0.3, -0.25) is 0 Å². The molecule has 2 aliphatic heterocycles. The van der Waals surface area contributed by atoms with Crippen molar-refractivity contribution in [3.8, 4) is 5.75 Å². The van der Waals surface area contributed by atoms with E-state index in [0.717, 1.165) is 25.7 Å². The van der Waals surface area contributed by atoms with E-state index in [2.05, 4.69) is 0 Å². The average molecular weight is 372 g/mol. The van der Waals surface area contributed by atoms with Gasteiger partial charge in [0.15, 0.2) is 0 Å². The molecule has 3 rings (SSSR count). The summed E-state index contributed by atoms with van der Waals surface area (Å²) in [7, 11) is 0. The van der Waals surface area contributed by atoms with Gasteiger partial charge < -0.3 is 14.4 Å². The van der Waals surface area contributed by atoms with Crippen LogP contribution in [0, 0.1) is 0 Å². The number of fused-ring (bicyclic) bond motifs is 2.